The van der Waals surface area contributed by atoms with Crippen molar-refractivity contribution in [2.45, 2.75) is 0 Å². The zero-order valence-electron chi connectivity index (χ0n) is 4.89. The number of aromatic nitrogens is 3. The average molecular weight is 137 g/mol. The van der Waals surface area contributed by atoms with Gasteiger partial charge in [-0.3, -0.25) is 0 Å². The Hall–Kier alpha value is -1.65. The van der Waals surface area contributed by atoms with Crippen LogP contribution in [0.1, 0.15) is 0 Å². The molecule has 0 fully saturated rings. The Balaban J connectivity index is 2.48. The molecule has 0 bridgehead atoms. The Morgan fingerprint density at radius 1 is 1.40 bits per heavy atom. The first kappa shape index (κ1) is 5.16. The zero-order chi connectivity index (χ0) is 6.81. The number of rotatable bonds is 1. The van der Waals surface area contributed by atoms with Crippen molar-refractivity contribution in [3.8, 4) is 11.6 Å². The van der Waals surface area contributed by atoms with Crippen molar-refractivity contribution >= 4 is 0 Å². The van der Waals surface area contributed by atoms with Gasteiger partial charge in [0.2, 0.25) is 6.39 Å². The quantitative estimate of drug-likeness (QED) is 0.579. The molecule has 0 spiro atoms. The smallest absolute Gasteiger partial charge is 0.269 e. The lowest BCUT2D eigenvalue weighted by Gasteiger charge is -1.78. The lowest BCUT2D eigenvalue weighted by atomic mass is 10.4. The SMILES string of the molecule is c1cc(-c2nnco2)no1. The lowest BCUT2D eigenvalue weighted by molar-refractivity contribution is 0.419. The van der Waals surface area contributed by atoms with Crippen molar-refractivity contribution in [2.24, 2.45) is 0 Å². The highest BCUT2D eigenvalue weighted by Gasteiger charge is 2.04. The fraction of sp³-hybridized carbons (Fsp3) is 0. The summed E-state index contributed by atoms with van der Waals surface area (Å²) in [6, 6.07) is 1.65. The van der Waals surface area contributed by atoms with Gasteiger partial charge in [0.25, 0.3) is 5.89 Å². The van der Waals surface area contributed by atoms with E-state index in [9.17, 15) is 0 Å². The molecule has 0 atom stereocenters. The highest BCUT2D eigenvalue weighted by molar-refractivity contribution is 5.42. The van der Waals surface area contributed by atoms with Gasteiger partial charge in [0, 0.05) is 6.07 Å². The molecule has 0 saturated heterocycles. The first-order valence-corrected chi connectivity index (χ1v) is 2.64. The molecule has 2 rings (SSSR count). The summed E-state index contributed by atoms with van der Waals surface area (Å²) >= 11 is 0. The van der Waals surface area contributed by atoms with Gasteiger partial charge in [-0.2, -0.15) is 0 Å². The fourth-order valence-corrected chi connectivity index (χ4v) is 0.608. The minimum Gasteiger partial charge on any atom is -0.422 e. The minimum absolute atomic E-state index is 0.369. The van der Waals surface area contributed by atoms with Crippen LogP contribution >= 0.6 is 0 Å². The average Bonchev–Trinajstić information content (AvgIpc) is 2.59. The van der Waals surface area contributed by atoms with Crippen molar-refractivity contribution in [1.29, 1.82) is 0 Å². The van der Waals surface area contributed by atoms with Crippen LogP contribution in [0.4, 0.5) is 0 Å². The van der Waals surface area contributed by atoms with Gasteiger partial charge in [0.15, 0.2) is 5.69 Å². The standard InChI is InChI=1S/C5H3N3O2/c1-2-10-8-4(1)5-7-6-3-9-5/h1-3H. The van der Waals surface area contributed by atoms with Crippen molar-refractivity contribution < 1.29 is 8.94 Å². The summed E-state index contributed by atoms with van der Waals surface area (Å²) in [6.45, 7) is 0. The molecule has 0 aliphatic heterocycles. The molecule has 2 aromatic heterocycles. The van der Waals surface area contributed by atoms with Crippen LogP contribution in [0.2, 0.25) is 0 Å². The first-order valence-electron chi connectivity index (χ1n) is 2.64. The number of hydrogen-bond donors (Lipinski definition) is 0. The van der Waals surface area contributed by atoms with Gasteiger partial charge < -0.3 is 8.94 Å². The van der Waals surface area contributed by atoms with E-state index in [1.165, 1.54) is 12.7 Å². The van der Waals surface area contributed by atoms with Crippen molar-refractivity contribution in [1.82, 2.24) is 15.4 Å². The van der Waals surface area contributed by atoms with Crippen LogP contribution in [-0.2, 0) is 0 Å². The fourth-order valence-electron chi connectivity index (χ4n) is 0.608. The second-order valence-electron chi connectivity index (χ2n) is 1.63. The molecule has 5 heteroatoms. The molecule has 0 aliphatic rings. The maximum atomic E-state index is 4.83. The minimum atomic E-state index is 0.369. The van der Waals surface area contributed by atoms with Crippen LogP contribution in [0.5, 0.6) is 0 Å². The summed E-state index contributed by atoms with van der Waals surface area (Å²) < 4.78 is 9.39. The molecular weight excluding hydrogens is 134 g/mol. The zero-order valence-corrected chi connectivity index (χ0v) is 4.89. The molecule has 10 heavy (non-hydrogen) atoms. The van der Waals surface area contributed by atoms with Gasteiger partial charge in [-0.1, -0.05) is 5.16 Å². The molecule has 2 heterocycles. The highest BCUT2D eigenvalue weighted by atomic mass is 16.5. The van der Waals surface area contributed by atoms with Gasteiger partial charge in [0.1, 0.15) is 6.26 Å². The van der Waals surface area contributed by atoms with Crippen molar-refractivity contribution in [2.75, 3.05) is 0 Å². The molecular formula is C5H3N3O2. The van der Waals surface area contributed by atoms with E-state index >= 15 is 0 Å². The predicted molar refractivity (Wildman–Crippen MR) is 29.8 cm³/mol. The van der Waals surface area contributed by atoms with Gasteiger partial charge in [-0.15, -0.1) is 10.2 Å². The monoisotopic (exact) mass is 137 g/mol. The Labute approximate surface area is 55.7 Å². The third kappa shape index (κ3) is 0.680. The molecule has 0 N–H and O–H groups in total. The maximum absolute atomic E-state index is 4.83. The van der Waals surface area contributed by atoms with Gasteiger partial charge in [-0.25, -0.2) is 0 Å². The topological polar surface area (TPSA) is 65.0 Å². The van der Waals surface area contributed by atoms with Crippen LogP contribution in [0.3, 0.4) is 0 Å². The summed E-state index contributed by atoms with van der Waals surface area (Å²) in [5, 5.41) is 10.7. The normalized spacial score (nSPS) is 10.0. The van der Waals surface area contributed by atoms with Crippen molar-refractivity contribution in [3.63, 3.8) is 0 Å². The van der Waals surface area contributed by atoms with E-state index in [0.717, 1.165) is 0 Å². The van der Waals surface area contributed by atoms with Crippen LogP contribution < -0.4 is 0 Å². The maximum Gasteiger partial charge on any atom is 0.269 e. The molecule has 0 aliphatic carbocycles. The first-order chi connectivity index (χ1) is 4.97. The van der Waals surface area contributed by atoms with Gasteiger partial charge >= 0.3 is 0 Å². The molecule has 0 aromatic carbocycles. The van der Waals surface area contributed by atoms with E-state index in [2.05, 4.69) is 19.9 Å². The lowest BCUT2D eigenvalue weighted by Crippen LogP contribution is -1.74. The van der Waals surface area contributed by atoms with Crippen LogP contribution in [-0.4, -0.2) is 15.4 Å². The van der Waals surface area contributed by atoms with E-state index in [1.54, 1.807) is 6.07 Å². The molecule has 0 radical (unpaired) electrons. The van der Waals surface area contributed by atoms with E-state index in [-0.39, 0.29) is 0 Å². The van der Waals surface area contributed by atoms with Crippen LogP contribution in [0.25, 0.3) is 11.6 Å². The molecule has 2 aromatic rings. The van der Waals surface area contributed by atoms with E-state index in [1.807, 2.05) is 0 Å². The molecule has 0 unspecified atom stereocenters. The van der Waals surface area contributed by atoms with Crippen molar-refractivity contribution in [3.05, 3.63) is 18.7 Å². The van der Waals surface area contributed by atoms with Crippen LogP contribution in [0.15, 0.2) is 27.7 Å². The van der Waals surface area contributed by atoms with Gasteiger partial charge in [-0.05, 0) is 0 Å². The third-order valence-corrected chi connectivity index (χ3v) is 1.02. The summed E-state index contributed by atoms with van der Waals surface area (Å²) in [5.41, 5.74) is 0.553. The summed E-state index contributed by atoms with van der Waals surface area (Å²) in [6.07, 6.45) is 2.68. The molecule has 0 saturated carbocycles. The highest BCUT2D eigenvalue weighted by Crippen LogP contribution is 2.11. The van der Waals surface area contributed by atoms with E-state index < -0.39 is 0 Å². The Morgan fingerprint density at radius 2 is 2.40 bits per heavy atom. The molecule has 5 nitrogen and oxygen atoms in total. The summed E-state index contributed by atoms with van der Waals surface area (Å²) in [5.74, 6) is 0.369. The number of nitrogens with zero attached hydrogens (tertiary/aromatic N) is 3. The largest absolute Gasteiger partial charge is 0.422 e. The Bertz CT molecular complexity index is 254. The third-order valence-electron chi connectivity index (χ3n) is 1.02. The summed E-state index contributed by atoms with van der Waals surface area (Å²) in [4.78, 5) is 0. The predicted octanol–water partition coefficient (Wildman–Crippen LogP) is 0.725. The van der Waals surface area contributed by atoms with Crippen LogP contribution in [0, 0.1) is 0 Å². The number of hydrogen-bond acceptors (Lipinski definition) is 5. The Kier molecular flexibility index (Phi) is 1.00. The summed E-state index contributed by atoms with van der Waals surface area (Å²) in [7, 11) is 0. The Morgan fingerprint density at radius 3 is 3.00 bits per heavy atom. The second kappa shape index (κ2) is 1.94. The second-order valence-corrected chi connectivity index (χ2v) is 1.63. The molecule has 0 amide bonds. The van der Waals surface area contributed by atoms with E-state index in [4.69, 9.17) is 4.42 Å². The van der Waals surface area contributed by atoms with Gasteiger partial charge in [0.05, 0.1) is 0 Å². The van der Waals surface area contributed by atoms with E-state index in [0.29, 0.717) is 11.6 Å². The molecule has 50 valence electrons.